The molecule has 0 spiro atoms. The average Bonchev–Trinajstić information content (AvgIpc) is 2.87. The van der Waals surface area contributed by atoms with Crippen LogP contribution in [0.15, 0.2) is 60.8 Å². The molecule has 0 atom stereocenters. The number of carbonyl (C=O) groups excluding carboxylic acids is 1. The molecular weight excluding hydrogens is 469 g/mol. The summed E-state index contributed by atoms with van der Waals surface area (Å²) in [7, 11) is 0. The zero-order chi connectivity index (χ0) is 24.5. The maximum absolute atomic E-state index is 14.1. The Balaban J connectivity index is 1.23. The Morgan fingerprint density at radius 1 is 1.09 bits per heavy atom. The number of halogens is 2. The lowest BCUT2D eigenvalue weighted by Crippen LogP contribution is -2.37. The predicted octanol–water partition coefficient (Wildman–Crippen LogP) is 4.50. The third-order valence-electron chi connectivity index (χ3n) is 5.76. The summed E-state index contributed by atoms with van der Waals surface area (Å²) >= 11 is 5.94. The number of ether oxygens (including phenoxy) is 2. The van der Waals surface area contributed by atoms with Gasteiger partial charge in [0.25, 0.3) is 0 Å². The van der Waals surface area contributed by atoms with Crippen LogP contribution >= 0.6 is 11.6 Å². The van der Waals surface area contributed by atoms with Gasteiger partial charge in [0, 0.05) is 54.7 Å². The first kappa shape index (κ1) is 25.1. The molecule has 2 aromatic carbocycles. The first-order valence-corrected chi connectivity index (χ1v) is 12.1. The van der Waals surface area contributed by atoms with Crippen LogP contribution < -0.4 is 10.1 Å². The molecule has 8 heteroatoms. The largest absolute Gasteiger partial charge is 0.493 e. The summed E-state index contributed by atoms with van der Waals surface area (Å²) in [6, 6.07) is 15.8. The van der Waals surface area contributed by atoms with Crippen molar-refractivity contribution in [2.24, 2.45) is 0 Å². The molecule has 0 bridgehead atoms. The zero-order valence-electron chi connectivity index (χ0n) is 19.5. The third-order valence-corrected chi connectivity index (χ3v) is 6.01. The second-order valence-electron chi connectivity index (χ2n) is 8.45. The highest BCUT2D eigenvalue weighted by molar-refractivity contribution is 6.30. The van der Waals surface area contributed by atoms with Gasteiger partial charge in [-0.2, -0.15) is 0 Å². The van der Waals surface area contributed by atoms with E-state index in [0.717, 1.165) is 50.4 Å². The molecule has 3 aromatic rings. The number of carbonyl (C=O) groups is 1. The van der Waals surface area contributed by atoms with Gasteiger partial charge in [0.2, 0.25) is 5.91 Å². The van der Waals surface area contributed by atoms with E-state index in [-0.39, 0.29) is 24.7 Å². The Hall–Kier alpha value is -3.00. The van der Waals surface area contributed by atoms with Crippen molar-refractivity contribution in [3.05, 3.63) is 82.9 Å². The van der Waals surface area contributed by atoms with Crippen molar-refractivity contribution in [2.45, 2.75) is 19.4 Å². The van der Waals surface area contributed by atoms with Gasteiger partial charge in [-0.05, 0) is 47.9 Å². The molecule has 1 aromatic heterocycles. The van der Waals surface area contributed by atoms with E-state index in [1.807, 2.05) is 36.4 Å². The lowest BCUT2D eigenvalue weighted by atomic mass is 10.1. The Kier molecular flexibility index (Phi) is 9.06. The third kappa shape index (κ3) is 8.02. The summed E-state index contributed by atoms with van der Waals surface area (Å²) in [6.45, 7) is 5.05. The molecule has 6 nitrogen and oxygen atoms in total. The SMILES string of the molecule is O=C(Cc1ccc(-c2ccc(Cl)cc2)cn1)NCc1cc(F)cc(OCCCN2CCOCC2)c1. The fraction of sp³-hybridized carbons (Fsp3) is 0.333. The normalized spacial score (nSPS) is 14.0. The number of benzene rings is 2. The summed E-state index contributed by atoms with van der Waals surface area (Å²) in [5, 5.41) is 3.51. The van der Waals surface area contributed by atoms with Crippen LogP contribution in [0.4, 0.5) is 4.39 Å². The van der Waals surface area contributed by atoms with Crippen LogP contribution in [0.5, 0.6) is 5.75 Å². The van der Waals surface area contributed by atoms with Crippen molar-refractivity contribution >= 4 is 17.5 Å². The number of aromatic nitrogens is 1. The van der Waals surface area contributed by atoms with Gasteiger partial charge < -0.3 is 14.8 Å². The molecule has 1 amide bonds. The predicted molar refractivity (Wildman–Crippen MR) is 134 cm³/mol. The zero-order valence-corrected chi connectivity index (χ0v) is 20.3. The van der Waals surface area contributed by atoms with Crippen molar-refractivity contribution in [3.63, 3.8) is 0 Å². The number of hydrogen-bond acceptors (Lipinski definition) is 5. The molecule has 1 aliphatic heterocycles. The lowest BCUT2D eigenvalue weighted by Gasteiger charge is -2.26. The fourth-order valence-corrected chi connectivity index (χ4v) is 4.00. The first-order valence-electron chi connectivity index (χ1n) is 11.7. The second kappa shape index (κ2) is 12.6. The number of nitrogens with zero attached hydrogens (tertiary/aromatic N) is 2. The van der Waals surface area contributed by atoms with Crippen LogP contribution in [-0.2, 0) is 22.5 Å². The van der Waals surface area contributed by atoms with Crippen molar-refractivity contribution in [2.75, 3.05) is 39.5 Å². The van der Waals surface area contributed by atoms with E-state index in [4.69, 9.17) is 21.1 Å². The van der Waals surface area contributed by atoms with Crippen LogP contribution in [-0.4, -0.2) is 55.2 Å². The number of morpholine rings is 1. The van der Waals surface area contributed by atoms with E-state index >= 15 is 0 Å². The van der Waals surface area contributed by atoms with Crippen LogP contribution in [0.2, 0.25) is 5.02 Å². The number of amides is 1. The van der Waals surface area contributed by atoms with Crippen molar-refractivity contribution in [3.8, 4) is 16.9 Å². The van der Waals surface area contributed by atoms with Crippen molar-refractivity contribution in [1.82, 2.24) is 15.2 Å². The minimum absolute atomic E-state index is 0.140. The molecule has 1 aliphatic rings. The summed E-state index contributed by atoms with van der Waals surface area (Å²) in [5.41, 5.74) is 3.25. The molecule has 4 rings (SSSR count). The smallest absolute Gasteiger partial charge is 0.226 e. The van der Waals surface area contributed by atoms with Gasteiger partial charge in [-0.1, -0.05) is 29.8 Å². The molecule has 0 saturated carbocycles. The van der Waals surface area contributed by atoms with Gasteiger partial charge in [-0.25, -0.2) is 4.39 Å². The van der Waals surface area contributed by atoms with E-state index in [1.165, 1.54) is 12.1 Å². The van der Waals surface area contributed by atoms with Crippen molar-refractivity contribution in [1.29, 1.82) is 0 Å². The summed E-state index contributed by atoms with van der Waals surface area (Å²) < 4.78 is 25.2. The van der Waals surface area contributed by atoms with E-state index < -0.39 is 0 Å². The van der Waals surface area contributed by atoms with Gasteiger partial charge >= 0.3 is 0 Å². The quantitative estimate of drug-likeness (QED) is 0.418. The average molecular weight is 498 g/mol. The standard InChI is InChI=1S/C27H29ClFN3O3/c28-23-5-2-21(3-6-23)22-4-7-25(30-19-22)17-27(33)31-18-20-14-24(29)16-26(15-20)35-11-1-8-32-9-12-34-13-10-32/h2-7,14-16,19H,1,8-13,17-18H2,(H,31,33). The monoisotopic (exact) mass is 497 g/mol. The van der Waals surface area contributed by atoms with Crippen LogP contribution in [0.1, 0.15) is 17.7 Å². The van der Waals surface area contributed by atoms with Crippen LogP contribution in [0.3, 0.4) is 0 Å². The Morgan fingerprint density at radius 3 is 2.60 bits per heavy atom. The number of pyridine rings is 1. The van der Waals surface area contributed by atoms with Crippen LogP contribution in [0, 0.1) is 5.82 Å². The molecule has 1 N–H and O–H groups in total. The molecule has 1 saturated heterocycles. The Labute approximate surface area is 210 Å². The van der Waals surface area contributed by atoms with Crippen LogP contribution in [0.25, 0.3) is 11.1 Å². The van der Waals surface area contributed by atoms with Crippen molar-refractivity contribution < 1.29 is 18.7 Å². The Bertz CT molecular complexity index is 1100. The summed E-state index contributed by atoms with van der Waals surface area (Å²) in [6.07, 6.45) is 2.73. The van der Waals surface area contributed by atoms with Gasteiger partial charge in [-0.15, -0.1) is 0 Å². The molecule has 184 valence electrons. The summed E-state index contributed by atoms with van der Waals surface area (Å²) in [4.78, 5) is 19.1. The molecule has 0 unspecified atom stereocenters. The van der Waals surface area contributed by atoms with E-state index in [9.17, 15) is 9.18 Å². The summed E-state index contributed by atoms with van der Waals surface area (Å²) in [5.74, 6) is -0.107. The first-order chi connectivity index (χ1) is 17.0. The van der Waals surface area contributed by atoms with E-state index in [0.29, 0.717) is 28.6 Å². The van der Waals surface area contributed by atoms with Gasteiger partial charge in [0.15, 0.2) is 0 Å². The van der Waals surface area contributed by atoms with E-state index in [2.05, 4.69) is 15.2 Å². The second-order valence-corrected chi connectivity index (χ2v) is 8.89. The number of hydrogen-bond donors (Lipinski definition) is 1. The number of nitrogens with one attached hydrogen (secondary N) is 1. The molecule has 35 heavy (non-hydrogen) atoms. The maximum Gasteiger partial charge on any atom is 0.226 e. The Morgan fingerprint density at radius 2 is 1.86 bits per heavy atom. The lowest BCUT2D eigenvalue weighted by molar-refractivity contribution is -0.120. The molecule has 1 fully saturated rings. The molecular formula is C27H29ClFN3O3. The van der Waals surface area contributed by atoms with E-state index in [1.54, 1.807) is 12.3 Å². The topological polar surface area (TPSA) is 63.7 Å². The van der Waals surface area contributed by atoms with Gasteiger partial charge in [0.1, 0.15) is 11.6 Å². The van der Waals surface area contributed by atoms with Gasteiger partial charge in [-0.3, -0.25) is 14.7 Å². The van der Waals surface area contributed by atoms with Gasteiger partial charge in [0.05, 0.1) is 26.2 Å². The minimum Gasteiger partial charge on any atom is -0.493 e. The highest BCUT2D eigenvalue weighted by Crippen LogP contribution is 2.21. The molecule has 0 radical (unpaired) electrons. The fourth-order valence-electron chi connectivity index (χ4n) is 3.88. The number of rotatable bonds is 10. The highest BCUT2D eigenvalue weighted by Gasteiger charge is 2.10. The minimum atomic E-state index is -0.389. The highest BCUT2D eigenvalue weighted by atomic mass is 35.5. The molecule has 2 heterocycles. The molecule has 0 aliphatic carbocycles. The maximum atomic E-state index is 14.1.